The number of rotatable bonds is 2. The molecule has 0 amide bonds. The molecule has 0 fully saturated rings. The van der Waals surface area contributed by atoms with Crippen LogP contribution < -0.4 is 0 Å². The number of aromatic nitrogens is 2. The second-order valence-corrected chi connectivity index (χ2v) is 4.42. The Kier molecular flexibility index (Phi) is 2.45. The van der Waals surface area contributed by atoms with Crippen molar-refractivity contribution in [3.05, 3.63) is 53.5 Å². The van der Waals surface area contributed by atoms with E-state index in [1.165, 1.54) is 0 Å². The molecule has 18 heavy (non-hydrogen) atoms. The average Bonchev–Trinajstić information content (AvgIpc) is 2.93. The first-order valence-electron chi connectivity index (χ1n) is 5.82. The highest BCUT2D eigenvalue weighted by atomic mass is 16.4. The molecule has 2 heterocycles. The van der Waals surface area contributed by atoms with E-state index < -0.39 is 6.10 Å². The third-order valence-electron chi connectivity index (χ3n) is 3.13. The van der Waals surface area contributed by atoms with Crippen LogP contribution in [0.2, 0.25) is 0 Å². The zero-order valence-electron chi connectivity index (χ0n) is 10.3. The van der Waals surface area contributed by atoms with E-state index >= 15 is 0 Å². The Hall–Kier alpha value is -2.07. The molecule has 0 bridgehead atoms. The number of para-hydroxylation sites is 1. The monoisotopic (exact) mass is 242 g/mol. The van der Waals surface area contributed by atoms with Crippen LogP contribution >= 0.6 is 0 Å². The maximum Gasteiger partial charge on any atom is 0.155 e. The fraction of sp³-hybridized carbons (Fsp3) is 0.214. The minimum Gasteiger partial charge on any atom is -0.458 e. The number of hydrogen-bond acceptors (Lipinski definition) is 3. The van der Waals surface area contributed by atoms with Gasteiger partial charge in [0.1, 0.15) is 11.3 Å². The summed E-state index contributed by atoms with van der Waals surface area (Å²) in [6.45, 7) is 1.95. The SMILES string of the molecule is Cc1cc(C(O)c2cc3ccccc3o2)nn1C. The third kappa shape index (κ3) is 1.71. The Morgan fingerprint density at radius 3 is 2.72 bits per heavy atom. The molecular formula is C14H14N2O2. The number of hydrogen-bond donors (Lipinski definition) is 1. The lowest BCUT2D eigenvalue weighted by atomic mass is 10.2. The smallest absolute Gasteiger partial charge is 0.155 e. The van der Waals surface area contributed by atoms with E-state index in [9.17, 15) is 5.11 Å². The van der Waals surface area contributed by atoms with Crippen LogP contribution in [0.25, 0.3) is 11.0 Å². The second kappa shape index (κ2) is 3.99. The van der Waals surface area contributed by atoms with E-state index in [2.05, 4.69) is 5.10 Å². The molecule has 0 saturated carbocycles. The maximum atomic E-state index is 10.3. The summed E-state index contributed by atoms with van der Waals surface area (Å²) in [7, 11) is 1.85. The number of benzene rings is 1. The fourth-order valence-corrected chi connectivity index (χ4v) is 2.00. The van der Waals surface area contributed by atoms with Crippen molar-refractivity contribution in [3.63, 3.8) is 0 Å². The van der Waals surface area contributed by atoms with Crippen molar-refractivity contribution in [1.29, 1.82) is 0 Å². The van der Waals surface area contributed by atoms with Crippen LogP contribution in [0.4, 0.5) is 0 Å². The molecule has 2 aromatic heterocycles. The van der Waals surface area contributed by atoms with Crippen molar-refractivity contribution in [2.45, 2.75) is 13.0 Å². The number of aryl methyl sites for hydroxylation is 2. The van der Waals surface area contributed by atoms with Crippen LogP contribution in [0.5, 0.6) is 0 Å². The van der Waals surface area contributed by atoms with Crippen molar-refractivity contribution >= 4 is 11.0 Å². The number of nitrogens with zero attached hydrogens (tertiary/aromatic N) is 2. The number of furan rings is 1. The van der Waals surface area contributed by atoms with Gasteiger partial charge in [0.15, 0.2) is 6.10 Å². The molecule has 92 valence electrons. The Balaban J connectivity index is 2.03. The molecule has 0 aliphatic heterocycles. The van der Waals surface area contributed by atoms with Gasteiger partial charge in [-0.05, 0) is 25.1 Å². The zero-order valence-corrected chi connectivity index (χ0v) is 10.3. The highest BCUT2D eigenvalue weighted by Gasteiger charge is 2.18. The average molecular weight is 242 g/mol. The van der Waals surface area contributed by atoms with Crippen LogP contribution in [-0.2, 0) is 7.05 Å². The molecule has 0 spiro atoms. The van der Waals surface area contributed by atoms with E-state index in [1.807, 2.05) is 50.4 Å². The standard InChI is InChI=1S/C14H14N2O2/c1-9-7-11(15-16(9)2)14(17)13-8-10-5-3-4-6-12(10)18-13/h3-8,14,17H,1-2H3. The van der Waals surface area contributed by atoms with E-state index in [0.717, 1.165) is 16.7 Å². The van der Waals surface area contributed by atoms with Gasteiger partial charge in [0.25, 0.3) is 0 Å². The molecule has 3 aromatic rings. The molecule has 4 nitrogen and oxygen atoms in total. The third-order valence-corrected chi connectivity index (χ3v) is 3.13. The van der Waals surface area contributed by atoms with Gasteiger partial charge in [-0.15, -0.1) is 0 Å². The Bertz CT molecular complexity index is 644. The lowest BCUT2D eigenvalue weighted by Crippen LogP contribution is -2.00. The lowest BCUT2D eigenvalue weighted by molar-refractivity contribution is 0.187. The molecule has 1 N–H and O–H groups in total. The van der Waals surface area contributed by atoms with Gasteiger partial charge in [-0.2, -0.15) is 5.10 Å². The molecule has 4 heteroatoms. The first-order chi connectivity index (χ1) is 8.65. The largest absolute Gasteiger partial charge is 0.458 e. The van der Waals surface area contributed by atoms with E-state index in [-0.39, 0.29) is 0 Å². The van der Waals surface area contributed by atoms with Gasteiger partial charge in [0.05, 0.1) is 5.69 Å². The quantitative estimate of drug-likeness (QED) is 0.751. The Morgan fingerprint density at radius 2 is 2.06 bits per heavy atom. The minimum absolute atomic E-state index is 0.523. The molecule has 1 unspecified atom stereocenters. The van der Waals surface area contributed by atoms with E-state index in [4.69, 9.17) is 4.42 Å². The fourth-order valence-electron chi connectivity index (χ4n) is 2.00. The van der Waals surface area contributed by atoms with Gasteiger partial charge in [-0.1, -0.05) is 18.2 Å². The van der Waals surface area contributed by atoms with Gasteiger partial charge in [-0.25, -0.2) is 0 Å². The van der Waals surface area contributed by atoms with Gasteiger partial charge < -0.3 is 9.52 Å². The summed E-state index contributed by atoms with van der Waals surface area (Å²) in [6.07, 6.45) is -0.822. The van der Waals surface area contributed by atoms with Crippen molar-refractivity contribution < 1.29 is 9.52 Å². The normalized spacial score (nSPS) is 13.1. The van der Waals surface area contributed by atoms with Gasteiger partial charge in [0, 0.05) is 18.1 Å². The molecule has 3 rings (SSSR count). The van der Waals surface area contributed by atoms with E-state index in [1.54, 1.807) is 4.68 Å². The summed E-state index contributed by atoms with van der Waals surface area (Å²) in [5, 5.41) is 15.5. The van der Waals surface area contributed by atoms with Gasteiger partial charge in [0.2, 0.25) is 0 Å². The molecule has 0 aliphatic rings. The summed E-state index contributed by atoms with van der Waals surface area (Å²) >= 11 is 0. The molecule has 0 radical (unpaired) electrons. The summed E-state index contributed by atoms with van der Waals surface area (Å²) < 4.78 is 7.37. The highest BCUT2D eigenvalue weighted by Crippen LogP contribution is 2.27. The molecule has 1 atom stereocenters. The maximum absolute atomic E-state index is 10.3. The number of fused-ring (bicyclic) bond motifs is 1. The molecule has 0 aliphatic carbocycles. The minimum atomic E-state index is -0.822. The topological polar surface area (TPSA) is 51.2 Å². The van der Waals surface area contributed by atoms with Crippen molar-refractivity contribution in [3.8, 4) is 0 Å². The van der Waals surface area contributed by atoms with E-state index in [0.29, 0.717) is 11.5 Å². The second-order valence-electron chi connectivity index (χ2n) is 4.42. The van der Waals surface area contributed by atoms with Crippen LogP contribution in [-0.4, -0.2) is 14.9 Å². The highest BCUT2D eigenvalue weighted by molar-refractivity contribution is 5.77. The van der Waals surface area contributed by atoms with Crippen LogP contribution in [0.1, 0.15) is 23.3 Å². The number of aliphatic hydroxyl groups excluding tert-OH is 1. The summed E-state index contributed by atoms with van der Waals surface area (Å²) in [6, 6.07) is 11.4. The molecule has 0 saturated heterocycles. The van der Waals surface area contributed by atoms with Crippen molar-refractivity contribution in [1.82, 2.24) is 9.78 Å². The zero-order chi connectivity index (χ0) is 12.7. The Labute approximate surface area is 104 Å². The Morgan fingerprint density at radius 1 is 1.28 bits per heavy atom. The first-order valence-corrected chi connectivity index (χ1v) is 5.82. The predicted molar refractivity (Wildman–Crippen MR) is 68.2 cm³/mol. The summed E-state index contributed by atoms with van der Waals surface area (Å²) in [4.78, 5) is 0. The van der Waals surface area contributed by atoms with Crippen LogP contribution in [0, 0.1) is 6.92 Å². The molecular weight excluding hydrogens is 228 g/mol. The lowest BCUT2D eigenvalue weighted by Gasteiger charge is -2.02. The van der Waals surface area contributed by atoms with Crippen molar-refractivity contribution in [2.24, 2.45) is 7.05 Å². The summed E-state index contributed by atoms with van der Waals surface area (Å²) in [5.74, 6) is 0.523. The first kappa shape index (κ1) is 11.0. The summed E-state index contributed by atoms with van der Waals surface area (Å²) in [5.41, 5.74) is 2.38. The van der Waals surface area contributed by atoms with Gasteiger partial charge >= 0.3 is 0 Å². The van der Waals surface area contributed by atoms with Crippen molar-refractivity contribution in [2.75, 3.05) is 0 Å². The number of aliphatic hydroxyl groups is 1. The van der Waals surface area contributed by atoms with Crippen LogP contribution in [0.15, 0.2) is 40.8 Å². The van der Waals surface area contributed by atoms with Crippen LogP contribution in [0.3, 0.4) is 0 Å². The van der Waals surface area contributed by atoms with Gasteiger partial charge in [-0.3, -0.25) is 4.68 Å². The predicted octanol–water partition coefficient (Wildman–Crippen LogP) is 2.56. The molecule has 1 aromatic carbocycles.